The average Bonchev–Trinajstić information content (AvgIpc) is 2.61. The van der Waals surface area contributed by atoms with Crippen molar-refractivity contribution in [2.45, 2.75) is 17.6 Å². The Morgan fingerprint density at radius 2 is 1.81 bits per heavy atom. The molecule has 2 atom stereocenters. The van der Waals surface area contributed by atoms with E-state index in [4.69, 9.17) is 5.73 Å². The van der Waals surface area contributed by atoms with Crippen molar-refractivity contribution in [3.8, 4) is 0 Å². The zero-order valence-corrected chi connectivity index (χ0v) is 15.4. The molecule has 2 N–H and O–H groups in total. The molecule has 2 amide bonds. The van der Waals surface area contributed by atoms with Crippen LogP contribution in [0.5, 0.6) is 0 Å². The Bertz CT molecular complexity index is 920. The molecule has 0 aliphatic carbocycles. The Morgan fingerprint density at radius 1 is 1.19 bits per heavy atom. The summed E-state index contributed by atoms with van der Waals surface area (Å²) in [5.41, 5.74) is 4.44. The largest absolute Gasteiger partial charge is 0.368 e. The first kappa shape index (κ1) is 19.3. The highest BCUT2D eigenvalue weighted by atomic mass is 32.2. The van der Waals surface area contributed by atoms with Crippen LogP contribution in [0.15, 0.2) is 36.4 Å². The van der Waals surface area contributed by atoms with Gasteiger partial charge in [0.1, 0.15) is 12.4 Å². The highest BCUT2D eigenvalue weighted by molar-refractivity contribution is 8.00. The van der Waals surface area contributed by atoms with Gasteiger partial charge in [-0.05, 0) is 43.0 Å². The molecule has 0 aromatic heterocycles. The molecule has 1 aliphatic rings. The molecule has 4 nitrogen and oxygen atoms in total. The van der Waals surface area contributed by atoms with Crippen LogP contribution in [0.3, 0.4) is 0 Å². The molecule has 0 saturated heterocycles. The van der Waals surface area contributed by atoms with Gasteiger partial charge >= 0.3 is 0 Å². The summed E-state index contributed by atoms with van der Waals surface area (Å²) in [6, 6.07) is 7.46. The number of benzene rings is 2. The highest BCUT2D eigenvalue weighted by Gasteiger charge is 2.51. The molecule has 1 aliphatic heterocycles. The van der Waals surface area contributed by atoms with Gasteiger partial charge in [-0.15, -0.1) is 0 Å². The molecule has 0 spiro atoms. The van der Waals surface area contributed by atoms with E-state index in [-0.39, 0.29) is 11.3 Å². The SMILES string of the molecule is CSC1C(=O)N(CC(N)=O)c2ccc(F)c(F)c2C1(C)c1ccc(F)cc1. The molecule has 0 saturated carbocycles. The Balaban J connectivity index is 2.35. The summed E-state index contributed by atoms with van der Waals surface area (Å²) < 4.78 is 42.5. The van der Waals surface area contributed by atoms with E-state index in [0.29, 0.717) is 5.56 Å². The van der Waals surface area contributed by atoms with Crippen molar-refractivity contribution >= 4 is 29.3 Å². The summed E-state index contributed by atoms with van der Waals surface area (Å²) in [4.78, 5) is 25.6. The van der Waals surface area contributed by atoms with Gasteiger partial charge < -0.3 is 10.6 Å². The minimum Gasteiger partial charge on any atom is -0.368 e. The van der Waals surface area contributed by atoms with Crippen LogP contribution in [-0.4, -0.2) is 29.9 Å². The van der Waals surface area contributed by atoms with E-state index in [9.17, 15) is 22.8 Å². The Morgan fingerprint density at radius 3 is 2.37 bits per heavy atom. The quantitative estimate of drug-likeness (QED) is 0.867. The van der Waals surface area contributed by atoms with Crippen LogP contribution in [0, 0.1) is 17.5 Å². The number of nitrogens with zero attached hydrogens (tertiary/aromatic N) is 1. The third-order valence-corrected chi connectivity index (χ3v) is 6.04. The lowest BCUT2D eigenvalue weighted by Crippen LogP contribution is -2.55. The van der Waals surface area contributed by atoms with Crippen LogP contribution in [0.25, 0.3) is 0 Å². The van der Waals surface area contributed by atoms with Crippen molar-refractivity contribution in [3.63, 3.8) is 0 Å². The number of carbonyl (C=O) groups excluding carboxylic acids is 2. The summed E-state index contributed by atoms with van der Waals surface area (Å²) in [5.74, 6) is -3.90. The van der Waals surface area contributed by atoms with Crippen molar-refractivity contribution in [2.75, 3.05) is 17.7 Å². The molecule has 3 rings (SSSR count). The Hall–Kier alpha value is -2.48. The van der Waals surface area contributed by atoms with Crippen LogP contribution in [0.1, 0.15) is 18.1 Å². The maximum Gasteiger partial charge on any atom is 0.241 e. The van der Waals surface area contributed by atoms with Gasteiger partial charge in [0, 0.05) is 11.0 Å². The van der Waals surface area contributed by atoms with Gasteiger partial charge in [-0.1, -0.05) is 12.1 Å². The average molecular weight is 394 g/mol. The molecule has 0 bridgehead atoms. The minimum absolute atomic E-state index is 0.0608. The van der Waals surface area contributed by atoms with Gasteiger partial charge in [0.05, 0.1) is 10.9 Å². The van der Waals surface area contributed by atoms with Crippen molar-refractivity contribution in [2.24, 2.45) is 5.73 Å². The van der Waals surface area contributed by atoms with Crippen molar-refractivity contribution < 1.29 is 22.8 Å². The third kappa shape index (κ3) is 2.97. The fourth-order valence-electron chi connectivity index (χ4n) is 3.64. The van der Waals surface area contributed by atoms with Gasteiger partial charge in [-0.2, -0.15) is 11.8 Å². The molecule has 2 aromatic rings. The predicted molar refractivity (Wildman–Crippen MR) is 98.1 cm³/mol. The number of rotatable bonds is 4. The van der Waals surface area contributed by atoms with E-state index in [1.165, 1.54) is 30.3 Å². The number of primary amides is 1. The molecular weight excluding hydrogens is 377 g/mol. The van der Waals surface area contributed by atoms with Gasteiger partial charge in [-0.25, -0.2) is 13.2 Å². The Kier molecular flexibility index (Phi) is 4.94. The molecule has 0 fully saturated rings. The molecule has 2 unspecified atom stereocenters. The fraction of sp³-hybridized carbons (Fsp3) is 0.263. The smallest absolute Gasteiger partial charge is 0.241 e. The zero-order valence-electron chi connectivity index (χ0n) is 14.6. The summed E-state index contributed by atoms with van der Waals surface area (Å²) >= 11 is 1.14. The van der Waals surface area contributed by atoms with Crippen LogP contribution in [0.4, 0.5) is 18.9 Å². The van der Waals surface area contributed by atoms with E-state index in [2.05, 4.69) is 0 Å². The van der Waals surface area contributed by atoms with Crippen LogP contribution in [-0.2, 0) is 15.0 Å². The summed E-state index contributed by atoms with van der Waals surface area (Å²) in [6.45, 7) is 1.16. The number of amides is 2. The van der Waals surface area contributed by atoms with E-state index in [1.54, 1.807) is 13.2 Å². The first-order valence-electron chi connectivity index (χ1n) is 8.08. The highest BCUT2D eigenvalue weighted by Crippen LogP contribution is 2.50. The molecule has 2 aromatic carbocycles. The number of nitrogens with two attached hydrogens (primary N) is 1. The maximum absolute atomic E-state index is 15.0. The molecule has 1 heterocycles. The lowest BCUT2D eigenvalue weighted by Gasteiger charge is -2.45. The van der Waals surface area contributed by atoms with Crippen molar-refractivity contribution in [1.82, 2.24) is 0 Å². The number of hydrogen-bond acceptors (Lipinski definition) is 3. The number of carbonyl (C=O) groups is 2. The summed E-state index contributed by atoms with van der Waals surface area (Å²) in [6.07, 6.45) is 1.66. The van der Waals surface area contributed by atoms with Gasteiger partial charge in [0.2, 0.25) is 11.8 Å². The number of halogens is 3. The molecule has 8 heteroatoms. The van der Waals surface area contributed by atoms with E-state index < -0.39 is 46.5 Å². The second-order valence-electron chi connectivity index (χ2n) is 6.47. The lowest BCUT2D eigenvalue weighted by molar-refractivity contribution is -0.122. The maximum atomic E-state index is 15.0. The number of hydrogen-bond donors (Lipinski definition) is 1. The van der Waals surface area contributed by atoms with Crippen molar-refractivity contribution in [3.05, 3.63) is 65.0 Å². The lowest BCUT2D eigenvalue weighted by atomic mass is 9.69. The van der Waals surface area contributed by atoms with Crippen LogP contribution >= 0.6 is 11.8 Å². The van der Waals surface area contributed by atoms with E-state index in [1.807, 2.05) is 0 Å². The standard InChI is InChI=1S/C19H17F3N2O2S/c1-19(10-3-5-11(20)6-4-10)15-13(8-7-12(21)16(15)22)24(9-14(23)25)18(26)17(19)27-2/h3-8,17H,9H2,1-2H3,(H2,23,25). The number of thioether (sulfide) groups is 1. The monoisotopic (exact) mass is 394 g/mol. The summed E-state index contributed by atoms with van der Waals surface area (Å²) in [5, 5.41) is -0.869. The topological polar surface area (TPSA) is 63.4 Å². The molecule has 27 heavy (non-hydrogen) atoms. The van der Waals surface area contributed by atoms with Gasteiger partial charge in [-0.3, -0.25) is 9.59 Å². The Labute approximate surface area is 158 Å². The van der Waals surface area contributed by atoms with Gasteiger partial charge in [0.15, 0.2) is 11.6 Å². The first-order valence-corrected chi connectivity index (χ1v) is 9.37. The predicted octanol–water partition coefficient (Wildman–Crippen LogP) is 2.97. The summed E-state index contributed by atoms with van der Waals surface area (Å²) in [7, 11) is 0. The zero-order chi connectivity index (χ0) is 19.9. The van der Waals surface area contributed by atoms with Crippen LogP contribution in [0.2, 0.25) is 0 Å². The van der Waals surface area contributed by atoms with Crippen LogP contribution < -0.4 is 10.6 Å². The number of fused-ring (bicyclic) bond motifs is 1. The first-order chi connectivity index (χ1) is 12.7. The van der Waals surface area contributed by atoms with Gasteiger partial charge in [0.25, 0.3) is 0 Å². The number of anilines is 1. The second-order valence-corrected chi connectivity index (χ2v) is 7.41. The minimum atomic E-state index is -1.28. The second kappa shape index (κ2) is 6.92. The van der Waals surface area contributed by atoms with E-state index in [0.717, 1.165) is 22.7 Å². The van der Waals surface area contributed by atoms with E-state index >= 15 is 0 Å². The van der Waals surface area contributed by atoms with Crippen molar-refractivity contribution in [1.29, 1.82) is 0 Å². The fourth-order valence-corrected chi connectivity index (χ4v) is 4.70. The molecular formula is C19H17F3N2O2S. The third-order valence-electron chi connectivity index (χ3n) is 4.89. The normalized spacial score (nSPS) is 21.9. The molecule has 142 valence electrons. The molecule has 0 radical (unpaired) electrons.